The third kappa shape index (κ3) is 3.47. The van der Waals surface area contributed by atoms with Gasteiger partial charge in [-0.1, -0.05) is 24.3 Å². The van der Waals surface area contributed by atoms with E-state index < -0.39 is 0 Å². The van der Waals surface area contributed by atoms with E-state index in [1.54, 1.807) is 0 Å². The second-order valence-corrected chi connectivity index (χ2v) is 7.25. The molecule has 1 atom stereocenters. The molecule has 0 spiro atoms. The summed E-state index contributed by atoms with van der Waals surface area (Å²) in [6, 6.07) is 8.60. The molecule has 0 radical (unpaired) electrons. The fraction of sp³-hybridized carbons (Fsp3) is 0.500. The molecule has 1 fully saturated rings. The highest BCUT2D eigenvalue weighted by Gasteiger charge is 2.28. The quantitative estimate of drug-likeness (QED) is 0.858. The van der Waals surface area contributed by atoms with E-state index in [2.05, 4.69) is 43.6 Å². The van der Waals surface area contributed by atoms with Crippen LogP contribution in [0, 0.1) is 0 Å². The lowest BCUT2D eigenvalue weighted by atomic mass is 9.97. The van der Waals surface area contributed by atoms with Gasteiger partial charge in [0.15, 0.2) is 0 Å². The van der Waals surface area contributed by atoms with E-state index in [9.17, 15) is 4.79 Å². The van der Waals surface area contributed by atoms with Gasteiger partial charge in [0, 0.05) is 52.0 Å². The summed E-state index contributed by atoms with van der Waals surface area (Å²) >= 11 is 0. The highest BCUT2D eigenvalue weighted by Crippen LogP contribution is 2.35. The Hall–Kier alpha value is -2.14. The lowest BCUT2D eigenvalue weighted by Gasteiger charge is -2.35. The van der Waals surface area contributed by atoms with Gasteiger partial charge in [0.2, 0.25) is 5.91 Å². The van der Waals surface area contributed by atoms with E-state index in [1.165, 1.54) is 11.1 Å². The van der Waals surface area contributed by atoms with Crippen molar-refractivity contribution in [2.75, 3.05) is 26.2 Å². The fourth-order valence-electron chi connectivity index (χ4n) is 4.10. The number of amides is 1. The lowest BCUT2D eigenvalue weighted by Crippen LogP contribution is -2.48. The van der Waals surface area contributed by atoms with Gasteiger partial charge in [0.05, 0.1) is 6.54 Å². The van der Waals surface area contributed by atoms with E-state index >= 15 is 0 Å². The van der Waals surface area contributed by atoms with Crippen molar-refractivity contribution in [3.05, 3.63) is 53.6 Å². The van der Waals surface area contributed by atoms with E-state index in [0.717, 1.165) is 51.4 Å². The summed E-state index contributed by atoms with van der Waals surface area (Å²) in [7, 11) is 2.03. The minimum absolute atomic E-state index is 0.318. The van der Waals surface area contributed by atoms with Crippen LogP contribution in [0.1, 0.15) is 35.7 Å². The zero-order chi connectivity index (χ0) is 17.2. The van der Waals surface area contributed by atoms with Crippen LogP contribution >= 0.6 is 0 Å². The normalized spacial score (nSPS) is 20.7. The predicted molar refractivity (Wildman–Crippen MR) is 97.2 cm³/mol. The first-order valence-corrected chi connectivity index (χ1v) is 9.25. The van der Waals surface area contributed by atoms with Crippen molar-refractivity contribution in [2.24, 2.45) is 7.05 Å². The fourth-order valence-corrected chi connectivity index (χ4v) is 4.10. The van der Waals surface area contributed by atoms with Gasteiger partial charge < -0.3 is 9.47 Å². The van der Waals surface area contributed by atoms with Gasteiger partial charge in [-0.2, -0.15) is 0 Å². The van der Waals surface area contributed by atoms with Gasteiger partial charge in [0.1, 0.15) is 5.82 Å². The van der Waals surface area contributed by atoms with Gasteiger partial charge in [0.25, 0.3) is 0 Å². The van der Waals surface area contributed by atoms with Gasteiger partial charge >= 0.3 is 0 Å². The number of benzene rings is 1. The number of piperazine rings is 1. The van der Waals surface area contributed by atoms with Crippen LogP contribution < -0.4 is 0 Å². The zero-order valence-electron chi connectivity index (χ0n) is 14.9. The lowest BCUT2D eigenvalue weighted by molar-refractivity contribution is -0.133. The average molecular weight is 338 g/mol. The molecule has 1 aliphatic heterocycles. The summed E-state index contributed by atoms with van der Waals surface area (Å²) in [4.78, 5) is 21.6. The summed E-state index contributed by atoms with van der Waals surface area (Å²) in [5.74, 6) is 1.81. The Kier molecular flexibility index (Phi) is 4.57. The van der Waals surface area contributed by atoms with Crippen LogP contribution in [0.3, 0.4) is 0 Å². The first kappa shape index (κ1) is 16.3. The molecule has 1 amide bonds. The minimum Gasteiger partial charge on any atom is -0.340 e. The van der Waals surface area contributed by atoms with E-state index in [1.807, 2.05) is 19.4 Å². The Balaban J connectivity index is 1.29. The molecule has 25 heavy (non-hydrogen) atoms. The van der Waals surface area contributed by atoms with E-state index in [4.69, 9.17) is 0 Å². The third-order valence-electron chi connectivity index (χ3n) is 5.69. The molecule has 0 unspecified atom stereocenters. The molecule has 1 saturated heterocycles. The third-order valence-corrected chi connectivity index (χ3v) is 5.69. The first-order chi connectivity index (χ1) is 12.2. The molecule has 0 bridgehead atoms. The van der Waals surface area contributed by atoms with Crippen LogP contribution in [-0.4, -0.2) is 51.4 Å². The monoisotopic (exact) mass is 338 g/mol. The highest BCUT2D eigenvalue weighted by molar-refractivity contribution is 5.77. The molecule has 1 aromatic carbocycles. The van der Waals surface area contributed by atoms with Gasteiger partial charge in [-0.05, 0) is 29.9 Å². The number of aromatic nitrogens is 2. The van der Waals surface area contributed by atoms with Gasteiger partial charge in [-0.25, -0.2) is 4.98 Å². The molecule has 2 aromatic rings. The SMILES string of the molecule is Cn1ccnc1CN1CCN(C(=O)C[C@@H]2CCc3ccccc32)CC1. The van der Waals surface area contributed by atoms with E-state index in [0.29, 0.717) is 18.2 Å². The Labute approximate surface area is 149 Å². The number of imidazole rings is 1. The summed E-state index contributed by atoms with van der Waals surface area (Å²) in [5, 5.41) is 0. The molecule has 1 aromatic heterocycles. The van der Waals surface area contributed by atoms with E-state index in [-0.39, 0.29) is 0 Å². The largest absolute Gasteiger partial charge is 0.340 e. The summed E-state index contributed by atoms with van der Waals surface area (Å²) < 4.78 is 2.06. The van der Waals surface area contributed by atoms with Crippen molar-refractivity contribution in [3.8, 4) is 0 Å². The van der Waals surface area contributed by atoms with Crippen LogP contribution in [0.5, 0.6) is 0 Å². The summed E-state index contributed by atoms with van der Waals surface area (Å²) in [5.41, 5.74) is 2.82. The molecule has 2 aliphatic rings. The van der Waals surface area contributed by atoms with Crippen molar-refractivity contribution in [1.82, 2.24) is 19.4 Å². The zero-order valence-corrected chi connectivity index (χ0v) is 14.9. The number of hydrogen-bond donors (Lipinski definition) is 0. The standard InChI is InChI=1S/C20H26N4O/c1-22-9-8-21-19(22)15-23-10-12-24(13-11-23)20(25)14-17-7-6-16-4-2-3-5-18(16)17/h2-5,8-9,17H,6-7,10-15H2,1H3/t17-/m0/s1. The molecule has 132 valence electrons. The molecule has 5 heteroatoms. The van der Waals surface area contributed by atoms with Gasteiger partial charge in [-0.15, -0.1) is 0 Å². The van der Waals surface area contributed by atoms with Crippen molar-refractivity contribution >= 4 is 5.91 Å². The highest BCUT2D eigenvalue weighted by atomic mass is 16.2. The Morgan fingerprint density at radius 2 is 2.00 bits per heavy atom. The Morgan fingerprint density at radius 3 is 2.76 bits per heavy atom. The molecule has 0 saturated carbocycles. The second kappa shape index (κ2) is 7.00. The predicted octanol–water partition coefficient (Wildman–Crippen LogP) is 2.18. The van der Waals surface area contributed by atoms with Crippen LogP contribution in [-0.2, 0) is 24.8 Å². The number of aryl methyl sites for hydroxylation is 2. The van der Waals surface area contributed by atoms with Crippen LogP contribution in [0.4, 0.5) is 0 Å². The minimum atomic E-state index is 0.318. The van der Waals surface area contributed by atoms with Crippen molar-refractivity contribution < 1.29 is 4.79 Å². The number of hydrogen-bond acceptors (Lipinski definition) is 3. The molecular weight excluding hydrogens is 312 g/mol. The number of fused-ring (bicyclic) bond motifs is 1. The molecule has 1 aliphatic carbocycles. The molecule has 2 heterocycles. The number of carbonyl (C=O) groups excluding carboxylic acids is 1. The molecule has 4 rings (SSSR count). The second-order valence-electron chi connectivity index (χ2n) is 7.25. The average Bonchev–Trinajstić information content (AvgIpc) is 3.22. The summed E-state index contributed by atoms with van der Waals surface area (Å²) in [6.45, 7) is 4.39. The molecule has 5 nitrogen and oxygen atoms in total. The van der Waals surface area contributed by atoms with Crippen LogP contribution in [0.25, 0.3) is 0 Å². The first-order valence-electron chi connectivity index (χ1n) is 9.25. The smallest absolute Gasteiger partial charge is 0.223 e. The van der Waals surface area contributed by atoms with Crippen LogP contribution in [0.15, 0.2) is 36.7 Å². The Morgan fingerprint density at radius 1 is 1.20 bits per heavy atom. The van der Waals surface area contributed by atoms with Crippen molar-refractivity contribution in [3.63, 3.8) is 0 Å². The number of carbonyl (C=O) groups is 1. The molecule has 0 N–H and O–H groups in total. The molecular formula is C20H26N4O. The van der Waals surface area contributed by atoms with Gasteiger partial charge in [-0.3, -0.25) is 9.69 Å². The van der Waals surface area contributed by atoms with Crippen LogP contribution in [0.2, 0.25) is 0 Å². The maximum atomic E-state index is 12.7. The van der Waals surface area contributed by atoms with Crippen molar-refractivity contribution in [1.29, 1.82) is 0 Å². The Bertz CT molecular complexity index is 746. The van der Waals surface area contributed by atoms with Crippen molar-refractivity contribution in [2.45, 2.75) is 31.7 Å². The topological polar surface area (TPSA) is 41.4 Å². The number of rotatable bonds is 4. The maximum absolute atomic E-state index is 12.7. The summed E-state index contributed by atoms with van der Waals surface area (Å²) in [6.07, 6.45) is 6.72. The maximum Gasteiger partial charge on any atom is 0.223 e. The number of nitrogens with zero attached hydrogens (tertiary/aromatic N) is 4.